The predicted molar refractivity (Wildman–Crippen MR) is 105 cm³/mol. The van der Waals surface area contributed by atoms with Crippen molar-refractivity contribution < 1.29 is 9.90 Å². The number of rotatable bonds is 5. The molecule has 0 spiro atoms. The number of hydrogen-bond donors (Lipinski definition) is 1. The van der Waals surface area contributed by atoms with Crippen molar-refractivity contribution in [3.05, 3.63) is 69.2 Å². The molecule has 138 valence electrons. The van der Waals surface area contributed by atoms with Crippen molar-refractivity contribution in [3.63, 3.8) is 0 Å². The van der Waals surface area contributed by atoms with Gasteiger partial charge in [0.15, 0.2) is 5.69 Å². The maximum atomic E-state index is 11.9. The summed E-state index contributed by atoms with van der Waals surface area (Å²) in [5, 5.41) is 10.8. The van der Waals surface area contributed by atoms with Crippen LogP contribution in [0.15, 0.2) is 36.7 Å². The topological polar surface area (TPSA) is 68.0 Å². The Morgan fingerprint density at radius 2 is 2.04 bits per heavy atom. The van der Waals surface area contributed by atoms with Gasteiger partial charge in [-0.3, -0.25) is 4.98 Å². The van der Waals surface area contributed by atoms with Gasteiger partial charge in [-0.15, -0.1) is 0 Å². The minimum atomic E-state index is -1.03. The van der Waals surface area contributed by atoms with E-state index in [9.17, 15) is 9.90 Å². The van der Waals surface area contributed by atoms with Crippen molar-refractivity contribution in [1.82, 2.24) is 14.5 Å². The van der Waals surface area contributed by atoms with Crippen LogP contribution in [0.25, 0.3) is 11.4 Å². The first kappa shape index (κ1) is 18.0. The number of nitrogens with zero attached hydrogens (tertiary/aromatic N) is 3. The zero-order valence-corrected chi connectivity index (χ0v) is 16.1. The molecule has 1 aliphatic carbocycles. The fourth-order valence-electron chi connectivity index (χ4n) is 3.27. The highest BCUT2D eigenvalue weighted by molar-refractivity contribution is 6.33. The third-order valence-electron chi connectivity index (χ3n) is 4.75. The molecule has 1 fully saturated rings. The van der Waals surface area contributed by atoms with Crippen LogP contribution >= 0.6 is 23.2 Å². The summed E-state index contributed by atoms with van der Waals surface area (Å²) in [5.41, 5.74) is 3.28. The summed E-state index contributed by atoms with van der Waals surface area (Å²) in [6.07, 6.45) is 5.91. The van der Waals surface area contributed by atoms with E-state index in [0.29, 0.717) is 27.5 Å². The van der Waals surface area contributed by atoms with E-state index in [1.165, 1.54) is 0 Å². The molecule has 27 heavy (non-hydrogen) atoms. The number of aromatic nitrogens is 3. The lowest BCUT2D eigenvalue weighted by atomic mass is 10.1. The normalized spacial score (nSPS) is 13.7. The monoisotopic (exact) mass is 401 g/mol. The average molecular weight is 402 g/mol. The first-order chi connectivity index (χ1) is 12.9. The maximum absolute atomic E-state index is 11.9. The molecule has 1 saturated carbocycles. The van der Waals surface area contributed by atoms with Gasteiger partial charge in [-0.2, -0.15) is 0 Å². The number of carboxylic acid groups (broad SMARTS) is 1. The number of aromatic carboxylic acids is 1. The molecule has 3 aromatic rings. The van der Waals surface area contributed by atoms with Crippen LogP contribution in [0.4, 0.5) is 0 Å². The van der Waals surface area contributed by atoms with Gasteiger partial charge in [-0.05, 0) is 61.1 Å². The Morgan fingerprint density at radius 3 is 2.74 bits per heavy atom. The minimum absolute atomic E-state index is 0.137. The highest BCUT2D eigenvalue weighted by Crippen LogP contribution is 2.40. The van der Waals surface area contributed by atoms with Gasteiger partial charge in [0.25, 0.3) is 0 Å². The van der Waals surface area contributed by atoms with Crippen molar-refractivity contribution in [3.8, 4) is 11.4 Å². The van der Waals surface area contributed by atoms with Gasteiger partial charge in [-0.1, -0.05) is 23.2 Å². The second kappa shape index (κ2) is 6.98. The molecule has 1 aromatic carbocycles. The van der Waals surface area contributed by atoms with E-state index in [1.807, 2.05) is 12.3 Å². The highest BCUT2D eigenvalue weighted by Gasteiger charge is 2.26. The maximum Gasteiger partial charge on any atom is 0.354 e. The van der Waals surface area contributed by atoms with Crippen molar-refractivity contribution in [1.29, 1.82) is 0 Å². The van der Waals surface area contributed by atoms with E-state index in [2.05, 4.69) is 9.97 Å². The summed E-state index contributed by atoms with van der Waals surface area (Å²) in [7, 11) is 0. The fourth-order valence-corrected chi connectivity index (χ4v) is 3.64. The summed E-state index contributed by atoms with van der Waals surface area (Å²) in [6, 6.07) is 7.20. The summed E-state index contributed by atoms with van der Waals surface area (Å²) in [5.74, 6) is 0.0786. The summed E-state index contributed by atoms with van der Waals surface area (Å²) in [4.78, 5) is 20.8. The van der Waals surface area contributed by atoms with E-state index in [-0.39, 0.29) is 12.2 Å². The Labute approximate surface area is 166 Å². The van der Waals surface area contributed by atoms with Crippen LogP contribution in [0.5, 0.6) is 0 Å². The number of benzene rings is 1. The largest absolute Gasteiger partial charge is 0.477 e. The second-order valence-corrected chi connectivity index (χ2v) is 7.62. The predicted octanol–water partition coefficient (Wildman–Crippen LogP) is 5.18. The third-order valence-corrected chi connectivity index (χ3v) is 5.35. The zero-order valence-electron chi connectivity index (χ0n) is 14.6. The molecule has 0 saturated heterocycles. The lowest BCUT2D eigenvalue weighted by Crippen LogP contribution is -2.12. The van der Waals surface area contributed by atoms with Crippen LogP contribution in [0.2, 0.25) is 10.0 Å². The Bertz CT molecular complexity index is 1040. The third kappa shape index (κ3) is 3.57. The molecule has 1 aliphatic rings. The number of hydrogen-bond acceptors (Lipinski definition) is 3. The van der Waals surface area contributed by atoms with Crippen LogP contribution in [-0.4, -0.2) is 25.6 Å². The molecule has 0 radical (unpaired) electrons. The lowest BCUT2D eigenvalue weighted by molar-refractivity contribution is 0.0685. The van der Waals surface area contributed by atoms with Crippen LogP contribution in [0, 0.1) is 6.92 Å². The molecular weight excluding hydrogens is 385 g/mol. The minimum Gasteiger partial charge on any atom is -0.477 e. The first-order valence-electron chi connectivity index (χ1n) is 8.63. The smallest absolute Gasteiger partial charge is 0.354 e. The van der Waals surface area contributed by atoms with E-state index in [4.69, 9.17) is 23.2 Å². The molecule has 2 heterocycles. The number of carboxylic acids is 1. The SMILES string of the molecule is Cc1nc(-c2cncc(C3CC3)c2)n(Cc2cc(Cl)ccc2Cl)c1C(=O)O. The Morgan fingerprint density at radius 1 is 1.26 bits per heavy atom. The highest BCUT2D eigenvalue weighted by atomic mass is 35.5. The van der Waals surface area contributed by atoms with E-state index in [0.717, 1.165) is 29.5 Å². The van der Waals surface area contributed by atoms with Gasteiger partial charge in [0.1, 0.15) is 5.82 Å². The fraction of sp³-hybridized carbons (Fsp3) is 0.250. The van der Waals surface area contributed by atoms with Gasteiger partial charge < -0.3 is 9.67 Å². The molecule has 7 heteroatoms. The van der Waals surface area contributed by atoms with Crippen molar-refractivity contribution in [2.75, 3.05) is 0 Å². The van der Waals surface area contributed by atoms with Gasteiger partial charge >= 0.3 is 5.97 Å². The molecular formula is C20H17Cl2N3O2. The van der Waals surface area contributed by atoms with Gasteiger partial charge in [0, 0.05) is 28.0 Å². The van der Waals surface area contributed by atoms with Crippen LogP contribution in [0.1, 0.15) is 46.1 Å². The Hall–Kier alpha value is -2.37. The molecule has 2 aromatic heterocycles. The van der Waals surface area contributed by atoms with E-state index < -0.39 is 5.97 Å². The number of aryl methyl sites for hydroxylation is 1. The molecule has 0 unspecified atom stereocenters. The molecule has 0 atom stereocenters. The summed E-state index contributed by atoms with van der Waals surface area (Å²) in [6.45, 7) is 1.95. The molecule has 1 N–H and O–H groups in total. The van der Waals surface area contributed by atoms with Crippen molar-refractivity contribution in [2.45, 2.75) is 32.2 Å². The van der Waals surface area contributed by atoms with Gasteiger partial charge in [0.2, 0.25) is 0 Å². The molecule has 0 bridgehead atoms. The number of pyridine rings is 1. The van der Waals surface area contributed by atoms with Gasteiger partial charge in [0.05, 0.1) is 12.2 Å². The summed E-state index contributed by atoms with van der Waals surface area (Å²) < 4.78 is 1.67. The van der Waals surface area contributed by atoms with Crippen LogP contribution in [-0.2, 0) is 6.54 Å². The van der Waals surface area contributed by atoms with Crippen molar-refractivity contribution >= 4 is 29.2 Å². The zero-order chi connectivity index (χ0) is 19.1. The van der Waals surface area contributed by atoms with Gasteiger partial charge in [-0.25, -0.2) is 9.78 Å². The standard InChI is InChI=1S/C20H17Cl2N3O2/c1-11-18(20(26)27)25(10-15-7-16(21)4-5-17(15)22)19(24-11)14-6-13(8-23-9-14)12-2-3-12/h4-9,12H,2-3,10H2,1H3,(H,26,27). The molecule has 5 nitrogen and oxygen atoms in total. The Kier molecular flexibility index (Phi) is 4.66. The van der Waals surface area contributed by atoms with E-state index in [1.54, 1.807) is 35.9 Å². The van der Waals surface area contributed by atoms with Crippen molar-refractivity contribution in [2.24, 2.45) is 0 Å². The number of carbonyl (C=O) groups is 1. The quantitative estimate of drug-likeness (QED) is 0.638. The number of imidazole rings is 1. The van der Waals surface area contributed by atoms with E-state index >= 15 is 0 Å². The molecule has 0 amide bonds. The summed E-state index contributed by atoms with van der Waals surface area (Å²) >= 11 is 12.4. The second-order valence-electron chi connectivity index (χ2n) is 6.78. The first-order valence-corrected chi connectivity index (χ1v) is 9.39. The average Bonchev–Trinajstić information content (AvgIpc) is 3.42. The Balaban J connectivity index is 1.85. The molecule has 0 aliphatic heterocycles. The van der Waals surface area contributed by atoms with Crippen LogP contribution < -0.4 is 0 Å². The van der Waals surface area contributed by atoms with Crippen LogP contribution in [0.3, 0.4) is 0 Å². The number of halogens is 2. The molecule has 4 rings (SSSR count). The lowest BCUT2D eigenvalue weighted by Gasteiger charge is -2.12.